The van der Waals surface area contributed by atoms with Crippen molar-refractivity contribution in [1.29, 1.82) is 0 Å². The van der Waals surface area contributed by atoms with Gasteiger partial charge in [-0.1, -0.05) is 0 Å². The van der Waals surface area contributed by atoms with E-state index in [4.69, 9.17) is 9.47 Å². The van der Waals surface area contributed by atoms with Crippen molar-refractivity contribution in [1.82, 2.24) is 5.32 Å². The summed E-state index contributed by atoms with van der Waals surface area (Å²) in [5.74, 6) is -0.104. The molecule has 2 atom stereocenters. The maximum absolute atomic E-state index is 14.1. The summed E-state index contributed by atoms with van der Waals surface area (Å²) in [4.78, 5) is 22.6. The molecule has 0 bridgehead atoms. The average molecular weight is 337 g/mol. The Hall–Kier alpha value is -2.11. The van der Waals surface area contributed by atoms with Gasteiger partial charge in [0.05, 0.1) is 6.04 Å². The molecule has 0 radical (unpaired) electrons. The van der Waals surface area contributed by atoms with Gasteiger partial charge < -0.3 is 19.6 Å². The van der Waals surface area contributed by atoms with E-state index in [1.807, 2.05) is 0 Å². The van der Waals surface area contributed by atoms with Crippen molar-refractivity contribution in [2.24, 2.45) is 5.92 Å². The smallest absolute Gasteiger partial charge is 0.407 e. The molecule has 1 unspecified atom stereocenters. The van der Waals surface area contributed by atoms with Crippen LogP contribution in [0.15, 0.2) is 12.1 Å². The number of carbonyl (C=O) groups excluding carboxylic acids is 2. The molecule has 0 heterocycles. The van der Waals surface area contributed by atoms with Gasteiger partial charge in [-0.05, 0) is 57.7 Å². The fraction of sp³-hybridized carbons (Fsp3) is 0.556. The Kier molecular flexibility index (Phi) is 5.47. The van der Waals surface area contributed by atoms with Crippen LogP contribution in [0.4, 0.5) is 9.18 Å². The molecule has 2 rings (SSSR count). The second-order valence-corrected chi connectivity index (χ2v) is 7.21. The molecule has 1 aromatic rings. The van der Waals surface area contributed by atoms with Gasteiger partial charge in [-0.3, -0.25) is 0 Å². The van der Waals surface area contributed by atoms with Crippen LogP contribution in [0.25, 0.3) is 0 Å². The Morgan fingerprint density at radius 1 is 1.42 bits per heavy atom. The summed E-state index contributed by atoms with van der Waals surface area (Å²) in [5.41, 5.74) is 0.845. The minimum atomic E-state index is -0.567. The number of hydrogen-bond donors (Lipinski definition) is 1. The highest BCUT2D eigenvalue weighted by molar-refractivity contribution is 5.68. The van der Waals surface area contributed by atoms with Crippen LogP contribution >= 0.6 is 0 Å². The summed E-state index contributed by atoms with van der Waals surface area (Å²) in [5, 5.41) is 2.66. The van der Waals surface area contributed by atoms with Crippen molar-refractivity contribution in [2.75, 3.05) is 6.61 Å². The lowest BCUT2D eigenvalue weighted by molar-refractivity contribution is -0.110. The minimum absolute atomic E-state index is 0.155. The first kappa shape index (κ1) is 18.2. The molecule has 1 aliphatic rings. The molecule has 0 aliphatic heterocycles. The van der Waals surface area contributed by atoms with Crippen molar-refractivity contribution in [3.63, 3.8) is 0 Å². The zero-order chi connectivity index (χ0) is 17.9. The third-order valence-corrected chi connectivity index (χ3v) is 3.67. The van der Waals surface area contributed by atoms with Crippen molar-refractivity contribution >= 4 is 12.4 Å². The van der Waals surface area contributed by atoms with Gasteiger partial charge in [-0.15, -0.1) is 0 Å². The average Bonchev–Trinajstić information content (AvgIpc) is 2.86. The predicted octanol–water partition coefficient (Wildman–Crippen LogP) is 3.03. The minimum Gasteiger partial charge on any atom is -0.491 e. The molecule has 0 spiro atoms. The van der Waals surface area contributed by atoms with Crippen LogP contribution in [0, 0.1) is 11.7 Å². The molecule has 1 amide bonds. The van der Waals surface area contributed by atoms with Gasteiger partial charge in [0, 0.05) is 12.0 Å². The normalized spacial score (nSPS) is 17.8. The molecule has 24 heavy (non-hydrogen) atoms. The molecule has 0 aromatic heterocycles. The lowest BCUT2D eigenvalue weighted by Gasteiger charge is -2.22. The molecular formula is C18H24FNO4. The quantitative estimate of drug-likeness (QED) is 0.839. The van der Waals surface area contributed by atoms with Gasteiger partial charge in [0.15, 0.2) is 0 Å². The highest BCUT2D eigenvalue weighted by atomic mass is 19.1. The van der Waals surface area contributed by atoms with Gasteiger partial charge in [-0.25, -0.2) is 9.18 Å². The zero-order valence-electron chi connectivity index (χ0n) is 14.5. The number of amides is 1. The molecule has 1 N–H and O–H groups in total. The number of benzene rings is 1. The Labute approximate surface area is 141 Å². The Morgan fingerprint density at radius 2 is 2.12 bits per heavy atom. The Balaban J connectivity index is 1.90. The number of hydrogen-bond acceptors (Lipinski definition) is 4. The fourth-order valence-corrected chi connectivity index (χ4v) is 2.64. The summed E-state index contributed by atoms with van der Waals surface area (Å²) in [6.07, 6.45) is 1.33. The van der Waals surface area contributed by atoms with Gasteiger partial charge in [0.2, 0.25) is 0 Å². The fourth-order valence-electron chi connectivity index (χ4n) is 2.64. The molecule has 1 aliphatic carbocycles. The molecule has 5 nitrogen and oxygen atoms in total. The van der Waals surface area contributed by atoms with E-state index in [1.54, 1.807) is 33.8 Å². The summed E-state index contributed by atoms with van der Waals surface area (Å²) in [6.45, 7) is 7.32. The van der Waals surface area contributed by atoms with E-state index in [1.165, 1.54) is 6.07 Å². The number of fused-ring (bicyclic) bond motifs is 1. The van der Waals surface area contributed by atoms with Crippen LogP contribution in [0.1, 0.15) is 38.8 Å². The summed E-state index contributed by atoms with van der Waals surface area (Å²) in [6, 6.07) is 2.80. The predicted molar refractivity (Wildman–Crippen MR) is 87.7 cm³/mol. The number of aldehydes is 1. The van der Waals surface area contributed by atoms with Crippen LogP contribution < -0.4 is 10.1 Å². The first-order chi connectivity index (χ1) is 11.2. The van der Waals surface area contributed by atoms with Gasteiger partial charge in [0.25, 0.3) is 0 Å². The Bertz CT molecular complexity index is 624. The SMILES string of the molecule is C[C@H](COc1cc(F)c2c(c1)CC(C=O)C2)NC(=O)OC(C)(C)C. The monoisotopic (exact) mass is 337 g/mol. The topological polar surface area (TPSA) is 64.6 Å². The summed E-state index contributed by atoms with van der Waals surface area (Å²) < 4.78 is 24.8. The van der Waals surface area contributed by atoms with E-state index in [2.05, 4.69) is 5.32 Å². The molecular weight excluding hydrogens is 313 g/mol. The maximum atomic E-state index is 14.1. The zero-order valence-corrected chi connectivity index (χ0v) is 14.5. The first-order valence-electron chi connectivity index (χ1n) is 8.07. The highest BCUT2D eigenvalue weighted by Crippen LogP contribution is 2.31. The van der Waals surface area contributed by atoms with Crippen LogP contribution in [-0.4, -0.2) is 30.6 Å². The number of ether oxygens (including phenoxy) is 2. The second-order valence-electron chi connectivity index (χ2n) is 7.21. The van der Waals surface area contributed by atoms with Crippen LogP contribution in [0.5, 0.6) is 5.75 Å². The highest BCUT2D eigenvalue weighted by Gasteiger charge is 2.25. The molecule has 1 aromatic carbocycles. The largest absolute Gasteiger partial charge is 0.491 e. The van der Waals surface area contributed by atoms with E-state index in [0.29, 0.717) is 24.2 Å². The first-order valence-corrected chi connectivity index (χ1v) is 8.07. The lowest BCUT2D eigenvalue weighted by Crippen LogP contribution is -2.40. The number of halogens is 1. The molecule has 0 saturated carbocycles. The van der Waals surface area contributed by atoms with E-state index in [0.717, 1.165) is 11.8 Å². The summed E-state index contributed by atoms with van der Waals surface area (Å²) >= 11 is 0. The van der Waals surface area contributed by atoms with E-state index < -0.39 is 11.7 Å². The number of carbonyl (C=O) groups is 2. The molecule has 132 valence electrons. The van der Waals surface area contributed by atoms with Crippen LogP contribution in [-0.2, 0) is 22.4 Å². The van der Waals surface area contributed by atoms with Crippen LogP contribution in [0.2, 0.25) is 0 Å². The standard InChI is InChI=1S/C18H24FNO4/c1-11(20-17(22)24-18(2,3)4)10-23-14-7-13-5-12(9-21)6-15(13)16(19)8-14/h7-9,11-12H,5-6,10H2,1-4H3,(H,20,22)/t11-,12?/m1/s1. The van der Waals surface area contributed by atoms with Gasteiger partial charge in [0.1, 0.15) is 30.1 Å². The second kappa shape index (κ2) is 7.20. The third-order valence-electron chi connectivity index (χ3n) is 3.67. The third kappa shape index (κ3) is 4.94. The number of nitrogens with one attached hydrogen (secondary N) is 1. The van der Waals surface area contributed by atoms with Gasteiger partial charge >= 0.3 is 6.09 Å². The van der Waals surface area contributed by atoms with Crippen molar-refractivity contribution in [3.05, 3.63) is 29.1 Å². The molecule has 6 heteroatoms. The number of rotatable bonds is 5. The lowest BCUT2D eigenvalue weighted by atomic mass is 10.1. The molecule has 0 fully saturated rings. The Morgan fingerprint density at radius 3 is 2.75 bits per heavy atom. The van der Waals surface area contributed by atoms with E-state index in [9.17, 15) is 14.0 Å². The van der Waals surface area contributed by atoms with Crippen LogP contribution in [0.3, 0.4) is 0 Å². The van der Waals surface area contributed by atoms with Crippen molar-refractivity contribution < 1.29 is 23.5 Å². The van der Waals surface area contributed by atoms with E-state index >= 15 is 0 Å². The summed E-state index contributed by atoms with van der Waals surface area (Å²) in [7, 11) is 0. The molecule has 0 saturated heterocycles. The number of alkyl carbamates (subject to hydrolysis) is 1. The maximum Gasteiger partial charge on any atom is 0.407 e. The van der Waals surface area contributed by atoms with Crippen molar-refractivity contribution in [2.45, 2.75) is 52.2 Å². The van der Waals surface area contributed by atoms with E-state index in [-0.39, 0.29) is 24.4 Å². The van der Waals surface area contributed by atoms with Crippen molar-refractivity contribution in [3.8, 4) is 5.75 Å². The van der Waals surface area contributed by atoms with Gasteiger partial charge in [-0.2, -0.15) is 0 Å².